The summed E-state index contributed by atoms with van der Waals surface area (Å²) in [6.07, 6.45) is 3.22. The maximum atomic E-state index is 13.0. The molecule has 1 aromatic carbocycles. The van der Waals surface area contributed by atoms with Gasteiger partial charge in [0.15, 0.2) is 0 Å². The van der Waals surface area contributed by atoms with Crippen molar-refractivity contribution in [2.24, 2.45) is 11.8 Å². The van der Waals surface area contributed by atoms with Crippen LogP contribution >= 0.6 is 0 Å². The number of methoxy groups -OCH3 is 1. The number of rotatable bonds is 5. The molecule has 3 heterocycles. The zero-order valence-corrected chi connectivity index (χ0v) is 17.3. The SMILES string of the molecule is COC(=O)C1CCN(C(=O)C2CCCN(Cc3nc(-c4ccccc4)no3)C2)CC1. The lowest BCUT2D eigenvalue weighted by Crippen LogP contribution is -2.47. The Balaban J connectivity index is 1.31. The minimum absolute atomic E-state index is 0.0232. The highest BCUT2D eigenvalue weighted by molar-refractivity contribution is 5.80. The Morgan fingerprint density at radius 3 is 2.60 bits per heavy atom. The van der Waals surface area contributed by atoms with E-state index in [9.17, 15) is 9.59 Å². The minimum Gasteiger partial charge on any atom is -0.469 e. The molecule has 0 bridgehead atoms. The van der Waals surface area contributed by atoms with Gasteiger partial charge in [-0.2, -0.15) is 4.98 Å². The van der Waals surface area contributed by atoms with Crippen molar-refractivity contribution in [1.29, 1.82) is 0 Å². The molecule has 2 aliphatic heterocycles. The van der Waals surface area contributed by atoms with Gasteiger partial charge in [0.2, 0.25) is 17.6 Å². The summed E-state index contributed by atoms with van der Waals surface area (Å²) in [6, 6.07) is 9.74. The summed E-state index contributed by atoms with van der Waals surface area (Å²) in [6.45, 7) is 3.41. The van der Waals surface area contributed by atoms with Crippen molar-refractivity contribution in [2.75, 3.05) is 33.3 Å². The van der Waals surface area contributed by atoms with Gasteiger partial charge in [-0.3, -0.25) is 14.5 Å². The molecule has 8 heteroatoms. The molecule has 160 valence electrons. The molecule has 1 amide bonds. The van der Waals surface area contributed by atoms with E-state index in [2.05, 4.69) is 15.0 Å². The molecular formula is C22H28N4O4. The summed E-state index contributed by atoms with van der Waals surface area (Å²) in [7, 11) is 1.42. The highest BCUT2D eigenvalue weighted by Crippen LogP contribution is 2.25. The average molecular weight is 412 g/mol. The summed E-state index contributed by atoms with van der Waals surface area (Å²) in [4.78, 5) is 33.4. The third-order valence-corrected chi connectivity index (χ3v) is 6.05. The molecule has 0 saturated carbocycles. The molecule has 2 aromatic rings. The Morgan fingerprint density at radius 1 is 1.10 bits per heavy atom. The Morgan fingerprint density at radius 2 is 1.87 bits per heavy atom. The molecule has 0 spiro atoms. The molecule has 2 aliphatic rings. The fourth-order valence-corrected chi connectivity index (χ4v) is 4.38. The summed E-state index contributed by atoms with van der Waals surface area (Å²) in [5.41, 5.74) is 0.926. The lowest BCUT2D eigenvalue weighted by atomic mass is 9.93. The van der Waals surface area contributed by atoms with E-state index in [0.717, 1.165) is 24.9 Å². The predicted molar refractivity (Wildman–Crippen MR) is 109 cm³/mol. The normalized spacial score (nSPS) is 20.8. The first kappa shape index (κ1) is 20.5. The lowest BCUT2D eigenvalue weighted by molar-refractivity contribution is -0.150. The largest absolute Gasteiger partial charge is 0.469 e. The smallest absolute Gasteiger partial charge is 0.308 e. The van der Waals surface area contributed by atoms with E-state index in [0.29, 0.717) is 50.7 Å². The number of likely N-dealkylation sites (tertiary alicyclic amines) is 2. The first-order valence-electron chi connectivity index (χ1n) is 10.6. The van der Waals surface area contributed by atoms with Crippen molar-refractivity contribution in [3.63, 3.8) is 0 Å². The van der Waals surface area contributed by atoms with Gasteiger partial charge in [0.25, 0.3) is 0 Å². The molecule has 8 nitrogen and oxygen atoms in total. The van der Waals surface area contributed by atoms with Crippen LogP contribution in [0, 0.1) is 11.8 Å². The van der Waals surface area contributed by atoms with Gasteiger partial charge in [0.1, 0.15) is 0 Å². The van der Waals surface area contributed by atoms with Gasteiger partial charge in [0, 0.05) is 25.2 Å². The van der Waals surface area contributed by atoms with E-state index < -0.39 is 0 Å². The number of ether oxygens (including phenoxy) is 1. The van der Waals surface area contributed by atoms with Gasteiger partial charge in [-0.15, -0.1) is 0 Å². The molecule has 4 rings (SSSR count). The van der Waals surface area contributed by atoms with Gasteiger partial charge >= 0.3 is 5.97 Å². The number of carbonyl (C=O) groups excluding carboxylic acids is 2. The van der Waals surface area contributed by atoms with Crippen LogP contribution in [-0.2, 0) is 20.9 Å². The number of esters is 1. The summed E-state index contributed by atoms with van der Waals surface area (Å²) in [5, 5.41) is 4.08. The van der Waals surface area contributed by atoms with Crippen molar-refractivity contribution in [1.82, 2.24) is 19.9 Å². The van der Waals surface area contributed by atoms with Crippen LogP contribution in [0.15, 0.2) is 34.9 Å². The number of carbonyl (C=O) groups is 2. The Bertz CT molecular complexity index is 861. The Kier molecular flexibility index (Phi) is 6.42. The monoisotopic (exact) mass is 412 g/mol. The van der Waals surface area contributed by atoms with Crippen LogP contribution in [-0.4, -0.2) is 65.1 Å². The number of nitrogens with zero attached hydrogens (tertiary/aromatic N) is 4. The van der Waals surface area contributed by atoms with Gasteiger partial charge in [-0.05, 0) is 32.2 Å². The third-order valence-electron chi connectivity index (χ3n) is 6.05. The van der Waals surface area contributed by atoms with Gasteiger partial charge in [0.05, 0.1) is 25.5 Å². The number of benzene rings is 1. The molecule has 0 radical (unpaired) electrons. The Labute approximate surface area is 176 Å². The second kappa shape index (κ2) is 9.38. The standard InChI is InChI=1S/C22H28N4O4/c1-29-22(28)17-9-12-26(13-10-17)21(27)18-8-5-11-25(14-18)15-19-23-20(24-30-19)16-6-3-2-4-7-16/h2-4,6-7,17-18H,5,8-15H2,1H3. The highest BCUT2D eigenvalue weighted by Gasteiger charge is 2.33. The van der Waals surface area contributed by atoms with Crippen molar-refractivity contribution in [2.45, 2.75) is 32.2 Å². The number of amides is 1. The van der Waals surface area contributed by atoms with Crippen LogP contribution in [0.1, 0.15) is 31.6 Å². The van der Waals surface area contributed by atoms with Crippen LogP contribution in [0.2, 0.25) is 0 Å². The Hall–Kier alpha value is -2.74. The number of hydrogen-bond acceptors (Lipinski definition) is 7. The summed E-state index contributed by atoms with van der Waals surface area (Å²) in [5.74, 6) is 1.08. The van der Waals surface area contributed by atoms with Crippen molar-refractivity contribution >= 4 is 11.9 Å². The van der Waals surface area contributed by atoms with Gasteiger partial charge in [-0.1, -0.05) is 35.5 Å². The maximum absolute atomic E-state index is 13.0. The molecule has 2 saturated heterocycles. The van der Waals surface area contributed by atoms with Crippen molar-refractivity contribution < 1.29 is 18.8 Å². The number of aromatic nitrogens is 2. The van der Waals surface area contributed by atoms with Crippen LogP contribution in [0.5, 0.6) is 0 Å². The van der Waals surface area contributed by atoms with Crippen LogP contribution in [0.3, 0.4) is 0 Å². The fraction of sp³-hybridized carbons (Fsp3) is 0.545. The van der Waals surface area contributed by atoms with Crippen molar-refractivity contribution in [3.8, 4) is 11.4 Å². The van der Waals surface area contributed by atoms with E-state index in [1.165, 1.54) is 7.11 Å². The van der Waals surface area contributed by atoms with E-state index >= 15 is 0 Å². The zero-order chi connectivity index (χ0) is 20.9. The number of hydrogen-bond donors (Lipinski definition) is 0. The van der Waals surface area contributed by atoms with Gasteiger partial charge < -0.3 is 14.2 Å². The van der Waals surface area contributed by atoms with Crippen LogP contribution < -0.4 is 0 Å². The lowest BCUT2D eigenvalue weighted by Gasteiger charge is -2.37. The van der Waals surface area contributed by atoms with E-state index in [1.54, 1.807) is 0 Å². The summed E-state index contributed by atoms with van der Waals surface area (Å²) < 4.78 is 10.3. The van der Waals surface area contributed by atoms with Crippen LogP contribution in [0.25, 0.3) is 11.4 Å². The molecule has 1 unspecified atom stereocenters. The summed E-state index contributed by atoms with van der Waals surface area (Å²) >= 11 is 0. The maximum Gasteiger partial charge on any atom is 0.308 e. The molecule has 0 N–H and O–H groups in total. The molecule has 30 heavy (non-hydrogen) atoms. The highest BCUT2D eigenvalue weighted by atomic mass is 16.5. The molecule has 2 fully saturated rings. The van der Waals surface area contributed by atoms with E-state index in [4.69, 9.17) is 9.26 Å². The van der Waals surface area contributed by atoms with Crippen molar-refractivity contribution in [3.05, 3.63) is 36.2 Å². The quantitative estimate of drug-likeness (QED) is 0.697. The topological polar surface area (TPSA) is 88.8 Å². The first-order valence-corrected chi connectivity index (χ1v) is 10.6. The van der Waals surface area contributed by atoms with E-state index in [-0.39, 0.29) is 23.7 Å². The second-order valence-electron chi connectivity index (χ2n) is 8.07. The average Bonchev–Trinajstić information content (AvgIpc) is 3.27. The predicted octanol–water partition coefficient (Wildman–Crippen LogP) is 2.36. The first-order chi connectivity index (χ1) is 14.6. The number of piperidine rings is 2. The van der Waals surface area contributed by atoms with E-state index in [1.807, 2.05) is 35.2 Å². The fourth-order valence-electron chi connectivity index (χ4n) is 4.38. The molecular weight excluding hydrogens is 384 g/mol. The minimum atomic E-state index is -0.166. The zero-order valence-electron chi connectivity index (χ0n) is 17.3. The third kappa shape index (κ3) is 4.70. The molecule has 0 aliphatic carbocycles. The molecule has 1 atom stereocenters. The van der Waals surface area contributed by atoms with Crippen LogP contribution in [0.4, 0.5) is 0 Å². The second-order valence-corrected chi connectivity index (χ2v) is 8.07. The van der Waals surface area contributed by atoms with Gasteiger partial charge in [-0.25, -0.2) is 0 Å². The molecule has 1 aromatic heterocycles.